The Kier molecular flexibility index (Phi) is 5.30. The number of rotatable bonds is 6. The van der Waals surface area contributed by atoms with Crippen molar-refractivity contribution in [2.75, 3.05) is 26.2 Å². The molecule has 2 aliphatic rings. The Hall–Kier alpha value is -0.0800. The molecule has 0 radical (unpaired) electrons. The summed E-state index contributed by atoms with van der Waals surface area (Å²) in [6.45, 7) is 9.71. The molecule has 1 aliphatic carbocycles. The van der Waals surface area contributed by atoms with Gasteiger partial charge in [0, 0.05) is 19.1 Å². The molecule has 1 saturated carbocycles. The van der Waals surface area contributed by atoms with Crippen LogP contribution in [0.15, 0.2) is 0 Å². The van der Waals surface area contributed by atoms with Gasteiger partial charge in [-0.2, -0.15) is 0 Å². The molecular weight excluding hydrogens is 208 g/mol. The molecule has 1 heterocycles. The molecule has 1 saturated heterocycles. The lowest BCUT2D eigenvalue weighted by atomic mass is 9.77. The fourth-order valence-corrected chi connectivity index (χ4v) is 3.71. The monoisotopic (exact) mass is 238 g/mol. The minimum absolute atomic E-state index is 0.803. The Bertz CT molecular complexity index is 205. The van der Waals surface area contributed by atoms with Crippen LogP contribution in [0.3, 0.4) is 0 Å². The average Bonchev–Trinajstić information content (AvgIpc) is 2.34. The molecule has 3 atom stereocenters. The van der Waals surface area contributed by atoms with Gasteiger partial charge in [-0.15, -0.1) is 0 Å². The Morgan fingerprint density at radius 2 is 1.94 bits per heavy atom. The van der Waals surface area contributed by atoms with Crippen LogP contribution in [0.5, 0.6) is 0 Å². The third kappa shape index (κ3) is 3.96. The van der Waals surface area contributed by atoms with E-state index in [-0.39, 0.29) is 0 Å². The van der Waals surface area contributed by atoms with Gasteiger partial charge in [-0.25, -0.2) is 0 Å². The highest BCUT2D eigenvalue weighted by molar-refractivity contribution is 4.85. The predicted molar refractivity (Wildman–Crippen MR) is 74.3 cm³/mol. The first-order valence-corrected chi connectivity index (χ1v) is 7.74. The van der Waals surface area contributed by atoms with Crippen LogP contribution >= 0.6 is 0 Å². The summed E-state index contributed by atoms with van der Waals surface area (Å²) in [4.78, 5) is 2.78. The molecule has 0 aromatic carbocycles. The van der Waals surface area contributed by atoms with Crippen LogP contribution in [0.4, 0.5) is 0 Å². The molecule has 2 bridgehead atoms. The summed E-state index contributed by atoms with van der Waals surface area (Å²) in [7, 11) is 0. The van der Waals surface area contributed by atoms with Crippen LogP contribution in [-0.4, -0.2) is 37.1 Å². The van der Waals surface area contributed by atoms with E-state index in [2.05, 4.69) is 24.1 Å². The zero-order chi connectivity index (χ0) is 12.1. The Morgan fingerprint density at radius 1 is 1.24 bits per heavy atom. The van der Waals surface area contributed by atoms with E-state index in [0.717, 1.165) is 24.4 Å². The van der Waals surface area contributed by atoms with E-state index in [0.29, 0.717) is 0 Å². The van der Waals surface area contributed by atoms with E-state index in [4.69, 9.17) is 0 Å². The van der Waals surface area contributed by atoms with Crippen molar-refractivity contribution in [1.82, 2.24) is 10.2 Å². The van der Waals surface area contributed by atoms with Crippen molar-refractivity contribution in [3.8, 4) is 0 Å². The molecule has 3 unspecified atom stereocenters. The first-order chi connectivity index (χ1) is 8.29. The Balaban J connectivity index is 1.70. The zero-order valence-electron chi connectivity index (χ0n) is 11.8. The summed E-state index contributed by atoms with van der Waals surface area (Å²) in [6, 6.07) is 0.803. The summed E-state index contributed by atoms with van der Waals surface area (Å²) in [6.07, 6.45) is 8.72. The molecule has 0 spiro atoms. The maximum absolute atomic E-state index is 3.43. The molecule has 17 heavy (non-hydrogen) atoms. The first-order valence-electron chi connectivity index (χ1n) is 7.74. The third-order valence-electron chi connectivity index (χ3n) is 4.73. The van der Waals surface area contributed by atoms with Crippen molar-refractivity contribution in [2.45, 2.75) is 58.4 Å². The maximum Gasteiger partial charge on any atom is 0.00676 e. The van der Waals surface area contributed by atoms with Crippen LogP contribution in [-0.2, 0) is 0 Å². The van der Waals surface area contributed by atoms with Crippen LogP contribution in [0, 0.1) is 11.8 Å². The van der Waals surface area contributed by atoms with E-state index < -0.39 is 0 Å². The van der Waals surface area contributed by atoms with E-state index in [1.165, 1.54) is 58.2 Å². The summed E-state index contributed by atoms with van der Waals surface area (Å²) < 4.78 is 0. The average molecular weight is 238 g/mol. The number of fused-ring (bicyclic) bond motifs is 2. The number of piperidine rings is 1. The Labute approximate surface area is 107 Å². The summed E-state index contributed by atoms with van der Waals surface area (Å²) in [5, 5.41) is 3.43. The predicted octanol–water partition coefficient (Wildman–Crippen LogP) is 2.89. The molecule has 1 N–H and O–H groups in total. The van der Waals surface area contributed by atoms with Gasteiger partial charge in [0.05, 0.1) is 0 Å². The van der Waals surface area contributed by atoms with Crippen LogP contribution in [0.25, 0.3) is 0 Å². The highest BCUT2D eigenvalue weighted by Gasteiger charge is 2.31. The van der Waals surface area contributed by atoms with Gasteiger partial charge in [0.15, 0.2) is 0 Å². The normalized spacial score (nSPS) is 31.4. The fraction of sp³-hybridized carbons (Fsp3) is 1.00. The second kappa shape index (κ2) is 6.75. The van der Waals surface area contributed by atoms with Crippen LogP contribution < -0.4 is 5.32 Å². The highest BCUT2D eigenvalue weighted by Crippen LogP contribution is 2.35. The lowest BCUT2D eigenvalue weighted by Crippen LogP contribution is -2.46. The van der Waals surface area contributed by atoms with Crippen molar-refractivity contribution in [3.05, 3.63) is 0 Å². The van der Waals surface area contributed by atoms with Gasteiger partial charge < -0.3 is 10.2 Å². The lowest BCUT2D eigenvalue weighted by molar-refractivity contribution is 0.0553. The maximum atomic E-state index is 3.43. The number of nitrogens with zero attached hydrogens (tertiary/aromatic N) is 1. The number of hydrogen-bond donors (Lipinski definition) is 1. The molecule has 0 amide bonds. The molecule has 2 rings (SSSR count). The van der Waals surface area contributed by atoms with Crippen molar-refractivity contribution in [2.24, 2.45) is 11.8 Å². The smallest absolute Gasteiger partial charge is 0.00676 e. The topological polar surface area (TPSA) is 15.3 Å². The van der Waals surface area contributed by atoms with Crippen molar-refractivity contribution < 1.29 is 0 Å². The van der Waals surface area contributed by atoms with Gasteiger partial charge in [0.2, 0.25) is 0 Å². The summed E-state index contributed by atoms with van der Waals surface area (Å²) in [5.74, 6) is 2.05. The molecule has 2 fully saturated rings. The van der Waals surface area contributed by atoms with E-state index in [1.54, 1.807) is 0 Å². The van der Waals surface area contributed by atoms with Crippen molar-refractivity contribution >= 4 is 0 Å². The second-order valence-electron chi connectivity index (χ2n) is 6.20. The molecule has 0 aromatic heterocycles. The molecule has 2 heteroatoms. The van der Waals surface area contributed by atoms with Crippen molar-refractivity contribution in [3.63, 3.8) is 0 Å². The zero-order valence-corrected chi connectivity index (χ0v) is 11.8. The summed E-state index contributed by atoms with van der Waals surface area (Å²) in [5.41, 5.74) is 0. The minimum Gasteiger partial charge on any atom is -0.317 e. The Morgan fingerprint density at radius 3 is 2.59 bits per heavy atom. The van der Waals surface area contributed by atoms with E-state index >= 15 is 0 Å². The second-order valence-corrected chi connectivity index (χ2v) is 6.20. The fourth-order valence-electron chi connectivity index (χ4n) is 3.71. The van der Waals surface area contributed by atoms with E-state index in [1.807, 2.05) is 0 Å². The standard InChI is InChI=1S/C15H30N2/c1-3-16-9-5-6-13(2)17-11-14-7-4-8-15(10-14)12-17/h13-16H,3-12H2,1-2H3. The minimum atomic E-state index is 0.803. The van der Waals surface area contributed by atoms with Crippen molar-refractivity contribution in [1.29, 1.82) is 0 Å². The van der Waals surface area contributed by atoms with Gasteiger partial charge in [0.1, 0.15) is 0 Å². The van der Waals surface area contributed by atoms with Crippen LogP contribution in [0.1, 0.15) is 52.4 Å². The van der Waals surface area contributed by atoms with Gasteiger partial charge in [-0.05, 0) is 64.0 Å². The van der Waals surface area contributed by atoms with Gasteiger partial charge >= 0.3 is 0 Å². The molecule has 1 aliphatic heterocycles. The number of nitrogens with one attached hydrogen (secondary N) is 1. The highest BCUT2D eigenvalue weighted by atomic mass is 15.2. The van der Waals surface area contributed by atoms with Crippen LogP contribution in [0.2, 0.25) is 0 Å². The number of likely N-dealkylation sites (tertiary alicyclic amines) is 1. The quantitative estimate of drug-likeness (QED) is 0.716. The molecule has 2 nitrogen and oxygen atoms in total. The molecule has 100 valence electrons. The first kappa shape index (κ1) is 13.4. The molecular formula is C15H30N2. The van der Waals surface area contributed by atoms with Gasteiger partial charge in [-0.1, -0.05) is 13.3 Å². The SMILES string of the molecule is CCNCCCC(C)N1CC2CCCC(C2)C1. The number of hydrogen-bond acceptors (Lipinski definition) is 2. The summed E-state index contributed by atoms with van der Waals surface area (Å²) >= 11 is 0. The third-order valence-corrected chi connectivity index (χ3v) is 4.73. The van der Waals surface area contributed by atoms with Gasteiger partial charge in [-0.3, -0.25) is 0 Å². The lowest BCUT2D eigenvalue weighted by Gasteiger charge is -2.44. The van der Waals surface area contributed by atoms with Gasteiger partial charge in [0.25, 0.3) is 0 Å². The largest absolute Gasteiger partial charge is 0.317 e. The van der Waals surface area contributed by atoms with E-state index in [9.17, 15) is 0 Å². The molecule has 0 aromatic rings.